The van der Waals surface area contributed by atoms with Crippen molar-refractivity contribution in [1.29, 1.82) is 5.41 Å². The first kappa shape index (κ1) is 5.43. The molecular formula is C3H8N3. The molecule has 0 fully saturated rings. The van der Waals surface area contributed by atoms with E-state index in [-0.39, 0.29) is 12.4 Å². The van der Waals surface area contributed by atoms with Gasteiger partial charge in [-0.1, -0.05) is 0 Å². The zero-order valence-corrected chi connectivity index (χ0v) is 3.49. The average Bonchev–Trinajstić information content (AvgIpc) is 1.35. The Morgan fingerprint density at radius 3 is 2.17 bits per heavy atom. The molecule has 0 saturated carbocycles. The maximum absolute atomic E-state index is 6.55. The monoisotopic (exact) mass is 86.1 g/mol. The van der Waals surface area contributed by atoms with Crippen LogP contribution >= 0.6 is 0 Å². The summed E-state index contributed by atoms with van der Waals surface area (Å²) in [6.45, 7) is 0.231. The fourth-order valence-electron chi connectivity index (χ4n) is 0.135. The molecule has 0 unspecified atom stereocenters. The Hall–Kier alpha value is -0.570. The first-order chi connectivity index (χ1) is 2.77. The molecule has 3 nitrogen and oxygen atoms in total. The smallest absolute Gasteiger partial charge is 0.0918 e. The molecule has 35 valence electrons. The highest BCUT2D eigenvalue weighted by molar-refractivity contribution is 5.76. The predicted octanol–water partition coefficient (Wildman–Crippen LogP) is -0.405. The van der Waals surface area contributed by atoms with Crippen LogP contribution in [0.25, 0.3) is 0 Å². The quantitative estimate of drug-likeness (QED) is 0.348. The third-order valence-corrected chi connectivity index (χ3v) is 0.394. The first-order valence-corrected chi connectivity index (χ1v) is 1.75. The minimum absolute atomic E-state index is 0.102. The van der Waals surface area contributed by atoms with Crippen LogP contribution in [0.3, 0.4) is 0 Å². The molecule has 0 aliphatic heterocycles. The molecule has 0 saturated heterocycles. The highest BCUT2D eigenvalue weighted by Crippen LogP contribution is 1.66. The molecule has 0 aromatic rings. The number of nitrogens with one attached hydrogen (secondary N) is 2. The largest absolute Gasteiger partial charge is 0.388 e. The van der Waals surface area contributed by atoms with Gasteiger partial charge < -0.3 is 5.73 Å². The van der Waals surface area contributed by atoms with Crippen LogP contribution < -0.4 is 11.5 Å². The molecule has 1 radical (unpaired) electrons. The molecule has 6 heavy (non-hydrogen) atoms. The van der Waals surface area contributed by atoms with Gasteiger partial charge in [-0.05, 0) is 0 Å². The van der Waals surface area contributed by atoms with Crippen molar-refractivity contribution in [3.8, 4) is 0 Å². The molecular weight excluding hydrogens is 78.1 g/mol. The van der Waals surface area contributed by atoms with Crippen LogP contribution in [0, 0.1) is 5.41 Å². The molecule has 0 aliphatic rings. The van der Waals surface area contributed by atoms with Crippen molar-refractivity contribution < 1.29 is 0 Å². The summed E-state index contributed by atoms with van der Waals surface area (Å²) in [5.41, 5.74) is 11.4. The van der Waals surface area contributed by atoms with Gasteiger partial charge in [0.15, 0.2) is 0 Å². The van der Waals surface area contributed by atoms with Gasteiger partial charge in [-0.3, -0.25) is 11.1 Å². The summed E-state index contributed by atoms with van der Waals surface area (Å²) < 4.78 is 0. The zero-order valence-electron chi connectivity index (χ0n) is 3.49. The molecule has 0 aromatic heterocycles. The van der Waals surface area contributed by atoms with Gasteiger partial charge in [-0.15, -0.1) is 0 Å². The van der Waals surface area contributed by atoms with Gasteiger partial charge in [0.2, 0.25) is 0 Å². The van der Waals surface area contributed by atoms with E-state index in [1.807, 2.05) is 0 Å². The van der Waals surface area contributed by atoms with Crippen molar-refractivity contribution in [3.05, 3.63) is 0 Å². The molecule has 0 amide bonds. The van der Waals surface area contributed by atoms with Gasteiger partial charge in [0.1, 0.15) is 0 Å². The lowest BCUT2D eigenvalue weighted by Gasteiger charge is -1.85. The standard InChI is InChI=1S/C3H8N3/c4-2-1-3(5)6/h4H,1-2H2,(H3,5,6). The van der Waals surface area contributed by atoms with Crippen molar-refractivity contribution in [2.24, 2.45) is 5.73 Å². The predicted molar refractivity (Wildman–Crippen MR) is 24.5 cm³/mol. The fourth-order valence-corrected chi connectivity index (χ4v) is 0.135. The van der Waals surface area contributed by atoms with Gasteiger partial charge in [0.25, 0.3) is 0 Å². The summed E-state index contributed by atoms with van der Waals surface area (Å²) in [6.07, 6.45) is 0.403. The Morgan fingerprint density at radius 2 is 2.17 bits per heavy atom. The molecule has 0 aromatic carbocycles. The van der Waals surface area contributed by atoms with Gasteiger partial charge >= 0.3 is 0 Å². The number of hydrogen-bond donors (Lipinski definition) is 2. The van der Waals surface area contributed by atoms with Crippen LogP contribution in [0.4, 0.5) is 0 Å². The molecule has 0 spiro atoms. The first-order valence-electron chi connectivity index (χ1n) is 1.75. The summed E-state index contributed by atoms with van der Waals surface area (Å²) in [6, 6.07) is 0. The van der Waals surface area contributed by atoms with Gasteiger partial charge in [-0.2, -0.15) is 0 Å². The van der Waals surface area contributed by atoms with Crippen LogP contribution in [0.1, 0.15) is 6.42 Å². The summed E-state index contributed by atoms with van der Waals surface area (Å²) >= 11 is 0. The second-order valence-electron chi connectivity index (χ2n) is 1.03. The van der Waals surface area contributed by atoms with E-state index >= 15 is 0 Å². The molecule has 4 N–H and O–H groups in total. The molecule has 3 heteroatoms. The summed E-state index contributed by atoms with van der Waals surface area (Å²) in [5, 5.41) is 6.55. The van der Waals surface area contributed by atoms with E-state index in [1.54, 1.807) is 0 Å². The highest BCUT2D eigenvalue weighted by atomic mass is 14.7. The fraction of sp³-hybridized carbons (Fsp3) is 0.667. The molecule has 0 aliphatic carbocycles. The van der Waals surface area contributed by atoms with Crippen LogP contribution in [0.2, 0.25) is 0 Å². The van der Waals surface area contributed by atoms with Crippen LogP contribution in [-0.4, -0.2) is 12.4 Å². The number of rotatable bonds is 2. The third-order valence-electron chi connectivity index (χ3n) is 0.394. The van der Waals surface area contributed by atoms with Crippen LogP contribution in [0.15, 0.2) is 0 Å². The number of nitrogens with two attached hydrogens (primary N) is 1. The highest BCUT2D eigenvalue weighted by Gasteiger charge is 1.79. The van der Waals surface area contributed by atoms with Crippen molar-refractivity contribution in [1.82, 2.24) is 5.73 Å². The molecule has 0 bridgehead atoms. The van der Waals surface area contributed by atoms with E-state index in [0.717, 1.165) is 0 Å². The van der Waals surface area contributed by atoms with E-state index in [1.165, 1.54) is 0 Å². The van der Waals surface area contributed by atoms with Crippen molar-refractivity contribution in [2.45, 2.75) is 6.42 Å². The second-order valence-corrected chi connectivity index (χ2v) is 1.03. The van der Waals surface area contributed by atoms with Crippen molar-refractivity contribution in [2.75, 3.05) is 6.54 Å². The minimum Gasteiger partial charge on any atom is -0.388 e. The van der Waals surface area contributed by atoms with E-state index in [0.29, 0.717) is 6.42 Å². The average molecular weight is 86.1 g/mol. The van der Waals surface area contributed by atoms with E-state index in [2.05, 4.69) is 0 Å². The lowest BCUT2D eigenvalue weighted by Crippen LogP contribution is -2.10. The van der Waals surface area contributed by atoms with Gasteiger partial charge in [-0.25, -0.2) is 0 Å². The van der Waals surface area contributed by atoms with Gasteiger partial charge in [0, 0.05) is 13.0 Å². The van der Waals surface area contributed by atoms with E-state index in [4.69, 9.17) is 16.9 Å². The molecule has 0 atom stereocenters. The van der Waals surface area contributed by atoms with E-state index < -0.39 is 0 Å². The third kappa shape index (κ3) is 3.43. The Balaban J connectivity index is 2.83. The normalized spacial score (nSPS) is 8.17. The summed E-state index contributed by atoms with van der Waals surface area (Å²) in [5.74, 6) is 0.102. The maximum Gasteiger partial charge on any atom is 0.0918 e. The lowest BCUT2D eigenvalue weighted by molar-refractivity contribution is 0.991. The van der Waals surface area contributed by atoms with Crippen molar-refractivity contribution >= 4 is 5.84 Å². The Labute approximate surface area is 36.8 Å². The SMILES string of the molecule is [NH]CCC(=N)N. The lowest BCUT2D eigenvalue weighted by atomic mass is 10.4. The Bertz CT molecular complexity index is 50.0. The van der Waals surface area contributed by atoms with Crippen LogP contribution in [0.5, 0.6) is 0 Å². The minimum atomic E-state index is 0.102. The topological polar surface area (TPSA) is 73.7 Å². The molecule has 0 rings (SSSR count). The van der Waals surface area contributed by atoms with E-state index in [9.17, 15) is 0 Å². The Morgan fingerprint density at radius 1 is 1.67 bits per heavy atom. The summed E-state index contributed by atoms with van der Waals surface area (Å²) in [4.78, 5) is 0. The van der Waals surface area contributed by atoms with Gasteiger partial charge in [0.05, 0.1) is 5.84 Å². The zero-order chi connectivity index (χ0) is 4.99. The number of amidine groups is 1. The van der Waals surface area contributed by atoms with Crippen molar-refractivity contribution in [3.63, 3.8) is 0 Å². The summed E-state index contributed by atoms with van der Waals surface area (Å²) in [7, 11) is 0. The maximum atomic E-state index is 6.55. The Kier molecular flexibility index (Phi) is 2.40. The number of hydrogen-bond acceptors (Lipinski definition) is 1. The molecule has 0 heterocycles. The second kappa shape index (κ2) is 2.66. The van der Waals surface area contributed by atoms with Crippen LogP contribution in [-0.2, 0) is 0 Å².